The van der Waals surface area contributed by atoms with Gasteiger partial charge < -0.3 is 5.11 Å². The van der Waals surface area contributed by atoms with Crippen LogP contribution in [0.2, 0.25) is 0 Å². The van der Waals surface area contributed by atoms with Crippen LogP contribution < -0.4 is 0 Å². The van der Waals surface area contributed by atoms with E-state index in [0.717, 1.165) is 0 Å². The van der Waals surface area contributed by atoms with Crippen LogP contribution in [0.3, 0.4) is 0 Å². The Morgan fingerprint density at radius 2 is 1.91 bits per heavy atom. The summed E-state index contributed by atoms with van der Waals surface area (Å²) in [5.41, 5.74) is -0.656. The molecule has 0 aliphatic rings. The van der Waals surface area contributed by atoms with Gasteiger partial charge >= 0.3 is 0 Å². The Hall–Kier alpha value is 0.0500. The summed E-state index contributed by atoms with van der Waals surface area (Å²) in [4.78, 5) is 0. The average Bonchev–Trinajstić information content (AvgIpc) is 1.79. The summed E-state index contributed by atoms with van der Waals surface area (Å²) in [5, 5.41) is 10.3. The van der Waals surface area contributed by atoms with E-state index in [1.54, 1.807) is 11.8 Å². The molecule has 0 fully saturated rings. The standard InChI is InChI=1S/C9H18OS/c1-6-8(9(4,5)10)11-7(2)3/h6-8,10H,1H2,2-5H3. The highest BCUT2D eigenvalue weighted by atomic mass is 32.2. The maximum absolute atomic E-state index is 9.63. The number of hydrogen-bond acceptors (Lipinski definition) is 2. The summed E-state index contributed by atoms with van der Waals surface area (Å²) in [6, 6.07) is 0. The Bertz CT molecular complexity index is 124. The molecule has 0 aliphatic carbocycles. The first-order valence-corrected chi connectivity index (χ1v) is 4.82. The molecular weight excluding hydrogens is 156 g/mol. The van der Waals surface area contributed by atoms with Crippen LogP contribution in [-0.4, -0.2) is 21.2 Å². The van der Waals surface area contributed by atoms with E-state index < -0.39 is 5.60 Å². The molecule has 0 saturated heterocycles. The topological polar surface area (TPSA) is 20.2 Å². The van der Waals surface area contributed by atoms with Gasteiger partial charge in [0.2, 0.25) is 0 Å². The van der Waals surface area contributed by atoms with Crippen molar-refractivity contribution < 1.29 is 5.11 Å². The minimum Gasteiger partial charge on any atom is -0.389 e. The van der Waals surface area contributed by atoms with E-state index >= 15 is 0 Å². The number of aliphatic hydroxyl groups is 1. The molecule has 11 heavy (non-hydrogen) atoms. The van der Waals surface area contributed by atoms with Crippen LogP contribution in [0.5, 0.6) is 0 Å². The van der Waals surface area contributed by atoms with Crippen molar-refractivity contribution in [1.29, 1.82) is 0 Å². The Balaban J connectivity index is 4.07. The maximum Gasteiger partial charge on any atom is 0.0744 e. The van der Waals surface area contributed by atoms with E-state index in [4.69, 9.17) is 0 Å². The molecule has 0 aliphatic heterocycles. The second-order valence-corrected chi connectivity index (χ2v) is 5.22. The van der Waals surface area contributed by atoms with Crippen LogP contribution in [0.25, 0.3) is 0 Å². The summed E-state index contributed by atoms with van der Waals surface area (Å²) < 4.78 is 0. The molecule has 1 atom stereocenters. The van der Waals surface area contributed by atoms with Crippen molar-refractivity contribution in [2.75, 3.05) is 0 Å². The van der Waals surface area contributed by atoms with Gasteiger partial charge in [-0.25, -0.2) is 0 Å². The summed E-state index contributed by atoms with van der Waals surface area (Å²) in [6.07, 6.45) is 1.81. The van der Waals surface area contributed by atoms with E-state index in [2.05, 4.69) is 20.4 Å². The molecule has 0 amide bonds. The van der Waals surface area contributed by atoms with Crippen molar-refractivity contribution in [3.05, 3.63) is 12.7 Å². The predicted octanol–water partition coefficient (Wildman–Crippen LogP) is 2.45. The fourth-order valence-corrected chi connectivity index (χ4v) is 1.83. The molecule has 66 valence electrons. The third kappa shape index (κ3) is 4.49. The zero-order chi connectivity index (χ0) is 9.07. The largest absolute Gasteiger partial charge is 0.389 e. The molecule has 0 aromatic carbocycles. The molecule has 0 spiro atoms. The molecule has 0 radical (unpaired) electrons. The summed E-state index contributed by atoms with van der Waals surface area (Å²) >= 11 is 1.74. The number of rotatable bonds is 4. The molecule has 0 bridgehead atoms. The van der Waals surface area contributed by atoms with Crippen LogP contribution >= 0.6 is 11.8 Å². The van der Waals surface area contributed by atoms with Gasteiger partial charge in [0.05, 0.1) is 10.9 Å². The van der Waals surface area contributed by atoms with Crippen molar-refractivity contribution in [2.24, 2.45) is 0 Å². The molecular formula is C9H18OS. The molecule has 0 aromatic heterocycles. The lowest BCUT2D eigenvalue weighted by molar-refractivity contribution is 0.0892. The quantitative estimate of drug-likeness (QED) is 0.661. The van der Waals surface area contributed by atoms with Crippen molar-refractivity contribution in [3.8, 4) is 0 Å². The van der Waals surface area contributed by atoms with Crippen molar-refractivity contribution in [2.45, 2.75) is 43.8 Å². The second-order valence-electron chi connectivity index (χ2n) is 3.49. The molecule has 0 saturated carbocycles. The molecule has 1 N–H and O–H groups in total. The van der Waals surface area contributed by atoms with Crippen molar-refractivity contribution in [3.63, 3.8) is 0 Å². The van der Waals surface area contributed by atoms with Gasteiger partial charge in [-0.3, -0.25) is 0 Å². The van der Waals surface area contributed by atoms with Gasteiger partial charge in [-0.05, 0) is 19.1 Å². The van der Waals surface area contributed by atoms with Gasteiger partial charge in [-0.1, -0.05) is 19.9 Å². The van der Waals surface area contributed by atoms with Gasteiger partial charge in [0.25, 0.3) is 0 Å². The molecule has 1 unspecified atom stereocenters. The van der Waals surface area contributed by atoms with Crippen LogP contribution in [0.1, 0.15) is 27.7 Å². The van der Waals surface area contributed by atoms with Gasteiger partial charge in [0.15, 0.2) is 0 Å². The first-order valence-electron chi connectivity index (χ1n) is 3.88. The first-order chi connectivity index (χ1) is 4.88. The third-order valence-electron chi connectivity index (χ3n) is 1.33. The van der Waals surface area contributed by atoms with Gasteiger partial charge in [-0.2, -0.15) is 0 Å². The maximum atomic E-state index is 9.63. The Morgan fingerprint density at radius 1 is 1.45 bits per heavy atom. The molecule has 0 aromatic rings. The van der Waals surface area contributed by atoms with Gasteiger partial charge in [-0.15, -0.1) is 18.3 Å². The van der Waals surface area contributed by atoms with Crippen LogP contribution in [0.4, 0.5) is 0 Å². The summed E-state index contributed by atoms with van der Waals surface area (Å²) in [7, 11) is 0. The monoisotopic (exact) mass is 174 g/mol. The predicted molar refractivity (Wildman–Crippen MR) is 53.0 cm³/mol. The summed E-state index contributed by atoms with van der Waals surface area (Å²) in [6.45, 7) is 11.6. The van der Waals surface area contributed by atoms with Gasteiger partial charge in [0.1, 0.15) is 0 Å². The normalized spacial score (nSPS) is 15.1. The van der Waals surface area contributed by atoms with Crippen molar-refractivity contribution in [1.82, 2.24) is 0 Å². The SMILES string of the molecule is C=CC(SC(C)C)C(C)(C)O. The number of thioether (sulfide) groups is 1. The highest BCUT2D eigenvalue weighted by Gasteiger charge is 2.24. The Labute approximate surface area is 73.9 Å². The lowest BCUT2D eigenvalue weighted by Crippen LogP contribution is -2.32. The molecule has 0 rings (SSSR count). The molecule has 1 nitrogen and oxygen atoms in total. The highest BCUT2D eigenvalue weighted by Crippen LogP contribution is 2.27. The zero-order valence-corrected chi connectivity index (χ0v) is 8.61. The fourth-order valence-electron chi connectivity index (χ4n) is 0.804. The minimum atomic E-state index is -0.656. The first kappa shape index (κ1) is 11.1. The average molecular weight is 174 g/mol. The van der Waals surface area contributed by atoms with E-state index in [1.165, 1.54) is 0 Å². The van der Waals surface area contributed by atoms with Crippen molar-refractivity contribution >= 4 is 11.8 Å². The van der Waals surface area contributed by atoms with Crippen LogP contribution in [-0.2, 0) is 0 Å². The minimum absolute atomic E-state index is 0.127. The summed E-state index contributed by atoms with van der Waals surface area (Å²) in [5.74, 6) is 0. The van der Waals surface area contributed by atoms with Gasteiger partial charge in [0, 0.05) is 0 Å². The molecule has 2 heteroatoms. The zero-order valence-electron chi connectivity index (χ0n) is 7.79. The van der Waals surface area contributed by atoms with E-state index in [-0.39, 0.29) is 5.25 Å². The lowest BCUT2D eigenvalue weighted by atomic mass is 10.1. The van der Waals surface area contributed by atoms with Crippen LogP contribution in [0, 0.1) is 0 Å². The smallest absolute Gasteiger partial charge is 0.0744 e. The lowest BCUT2D eigenvalue weighted by Gasteiger charge is -2.27. The Kier molecular flexibility index (Phi) is 4.19. The van der Waals surface area contributed by atoms with E-state index in [0.29, 0.717) is 5.25 Å². The van der Waals surface area contributed by atoms with E-state index in [1.807, 2.05) is 19.9 Å². The van der Waals surface area contributed by atoms with Crippen LogP contribution in [0.15, 0.2) is 12.7 Å². The third-order valence-corrected chi connectivity index (χ3v) is 2.94. The number of hydrogen-bond donors (Lipinski definition) is 1. The fraction of sp³-hybridized carbons (Fsp3) is 0.778. The highest BCUT2D eigenvalue weighted by molar-refractivity contribution is 8.00. The second kappa shape index (κ2) is 4.17. The molecule has 0 heterocycles. The van der Waals surface area contributed by atoms with E-state index in [9.17, 15) is 5.11 Å². The Morgan fingerprint density at radius 3 is 2.00 bits per heavy atom.